The van der Waals surface area contributed by atoms with Crippen LogP contribution in [0.25, 0.3) is 0 Å². The third kappa shape index (κ3) is 7.99. The molecule has 0 aromatic heterocycles. The third-order valence-corrected chi connectivity index (χ3v) is 2.57. The van der Waals surface area contributed by atoms with Crippen LogP contribution in [-0.4, -0.2) is 39.8 Å². The molecule has 0 unspecified atom stereocenters. The lowest BCUT2D eigenvalue weighted by Crippen LogP contribution is -2.26. The van der Waals surface area contributed by atoms with E-state index in [0.29, 0.717) is 32.7 Å². The van der Waals surface area contributed by atoms with Crippen LogP contribution in [0.2, 0.25) is 0 Å². The van der Waals surface area contributed by atoms with Gasteiger partial charge in [0.15, 0.2) is 0 Å². The van der Waals surface area contributed by atoms with Crippen LogP contribution < -0.4 is 15.4 Å². The van der Waals surface area contributed by atoms with Crippen molar-refractivity contribution in [1.29, 1.82) is 0 Å². The van der Waals surface area contributed by atoms with E-state index in [1.54, 1.807) is 7.11 Å². The monoisotopic (exact) mass is 302 g/mol. The first-order valence-corrected chi connectivity index (χ1v) is 6.38. The van der Waals surface area contributed by atoms with Crippen molar-refractivity contribution in [2.45, 2.75) is 13.0 Å². The summed E-state index contributed by atoms with van der Waals surface area (Å²) in [5.41, 5.74) is 1.05. The van der Waals surface area contributed by atoms with Gasteiger partial charge in [-0.1, -0.05) is 12.1 Å². The highest BCUT2D eigenvalue weighted by molar-refractivity contribution is 5.85. The maximum absolute atomic E-state index is 11.4. The summed E-state index contributed by atoms with van der Waals surface area (Å²) in [7, 11) is 3.47. The molecule has 0 atom stereocenters. The number of nitrogens with one attached hydrogen (secondary N) is 2. The van der Waals surface area contributed by atoms with E-state index in [1.807, 2.05) is 31.3 Å². The smallest absolute Gasteiger partial charge is 0.221 e. The van der Waals surface area contributed by atoms with Gasteiger partial charge in [-0.25, -0.2) is 0 Å². The molecule has 0 bridgehead atoms. The van der Waals surface area contributed by atoms with Crippen LogP contribution in [0.3, 0.4) is 0 Å². The fourth-order valence-corrected chi connectivity index (χ4v) is 1.47. The third-order valence-electron chi connectivity index (χ3n) is 2.57. The molecule has 0 spiro atoms. The molecule has 20 heavy (non-hydrogen) atoms. The number of carbonyl (C=O) groups is 1. The summed E-state index contributed by atoms with van der Waals surface area (Å²) < 4.78 is 10.4. The maximum atomic E-state index is 11.4. The lowest BCUT2D eigenvalue weighted by atomic mass is 10.2. The summed E-state index contributed by atoms with van der Waals surface area (Å²) in [6.45, 7) is 2.35. The first-order chi connectivity index (χ1) is 9.26. The Bertz CT molecular complexity index is 371. The molecule has 114 valence electrons. The van der Waals surface area contributed by atoms with Gasteiger partial charge in [0.25, 0.3) is 0 Å². The molecule has 0 fully saturated rings. The van der Waals surface area contributed by atoms with Gasteiger partial charge in [-0.2, -0.15) is 0 Å². The van der Waals surface area contributed by atoms with Crippen LogP contribution in [0.4, 0.5) is 0 Å². The Morgan fingerprint density at radius 1 is 1.20 bits per heavy atom. The van der Waals surface area contributed by atoms with Crippen molar-refractivity contribution < 1.29 is 14.3 Å². The first kappa shape index (κ1) is 18.7. The van der Waals surface area contributed by atoms with Crippen molar-refractivity contribution in [2.24, 2.45) is 0 Å². The molecular weight excluding hydrogens is 280 g/mol. The molecule has 0 heterocycles. The molecule has 5 nitrogen and oxygen atoms in total. The second kappa shape index (κ2) is 11.5. The number of hydrogen-bond acceptors (Lipinski definition) is 4. The summed E-state index contributed by atoms with van der Waals surface area (Å²) in [4.78, 5) is 11.4. The number of amides is 1. The van der Waals surface area contributed by atoms with Gasteiger partial charge in [-0.15, -0.1) is 12.4 Å². The fraction of sp³-hybridized carbons (Fsp3) is 0.500. The number of hydrogen-bond donors (Lipinski definition) is 2. The number of halogens is 1. The second-order valence-electron chi connectivity index (χ2n) is 4.12. The van der Waals surface area contributed by atoms with Gasteiger partial charge in [-0.3, -0.25) is 4.79 Å². The lowest BCUT2D eigenvalue weighted by molar-refractivity contribution is -0.121. The highest BCUT2D eigenvalue weighted by atomic mass is 35.5. The summed E-state index contributed by atoms with van der Waals surface area (Å²) in [5.74, 6) is 0.858. The molecule has 1 amide bonds. The Morgan fingerprint density at radius 3 is 2.50 bits per heavy atom. The minimum Gasteiger partial charge on any atom is -0.491 e. The highest BCUT2D eigenvalue weighted by Gasteiger charge is 2.00. The molecule has 0 aliphatic heterocycles. The van der Waals surface area contributed by atoms with Crippen LogP contribution in [0.5, 0.6) is 5.75 Å². The van der Waals surface area contributed by atoms with E-state index in [2.05, 4.69) is 10.6 Å². The van der Waals surface area contributed by atoms with Crippen LogP contribution in [0, 0.1) is 0 Å². The minimum absolute atomic E-state index is 0. The summed E-state index contributed by atoms with van der Waals surface area (Å²) in [5, 5.41) is 5.81. The molecule has 0 saturated carbocycles. The largest absolute Gasteiger partial charge is 0.491 e. The van der Waals surface area contributed by atoms with Crippen molar-refractivity contribution >= 4 is 18.3 Å². The maximum Gasteiger partial charge on any atom is 0.221 e. The van der Waals surface area contributed by atoms with Gasteiger partial charge in [0.2, 0.25) is 5.91 Å². The van der Waals surface area contributed by atoms with Crippen LogP contribution >= 0.6 is 12.4 Å². The molecule has 1 rings (SSSR count). The minimum atomic E-state index is 0. The van der Waals surface area contributed by atoms with E-state index in [4.69, 9.17) is 9.47 Å². The Labute approximate surface area is 126 Å². The Balaban J connectivity index is 0.00000361. The number of benzene rings is 1. The Kier molecular flexibility index (Phi) is 10.8. The first-order valence-electron chi connectivity index (χ1n) is 6.38. The predicted octanol–water partition coefficient (Wildman–Crippen LogP) is 1.36. The molecule has 1 aromatic rings. The summed E-state index contributed by atoms with van der Waals surface area (Å²) in [6, 6.07) is 7.68. The number of methoxy groups -OCH3 is 1. The molecule has 0 aliphatic rings. The van der Waals surface area contributed by atoms with Crippen molar-refractivity contribution in [3.8, 4) is 5.75 Å². The molecular formula is C14H23ClN2O3. The average Bonchev–Trinajstić information content (AvgIpc) is 2.44. The van der Waals surface area contributed by atoms with E-state index < -0.39 is 0 Å². The van der Waals surface area contributed by atoms with Crippen molar-refractivity contribution in [3.63, 3.8) is 0 Å². The highest BCUT2D eigenvalue weighted by Crippen LogP contribution is 2.11. The van der Waals surface area contributed by atoms with Crippen LogP contribution in [0.1, 0.15) is 12.0 Å². The molecule has 2 N–H and O–H groups in total. The van der Waals surface area contributed by atoms with E-state index >= 15 is 0 Å². The van der Waals surface area contributed by atoms with Gasteiger partial charge in [0.1, 0.15) is 12.4 Å². The van der Waals surface area contributed by atoms with E-state index in [1.165, 1.54) is 0 Å². The Hall–Kier alpha value is -1.30. The second-order valence-corrected chi connectivity index (χ2v) is 4.12. The van der Waals surface area contributed by atoms with Crippen molar-refractivity contribution in [3.05, 3.63) is 29.8 Å². The van der Waals surface area contributed by atoms with E-state index in [0.717, 1.165) is 11.3 Å². The Morgan fingerprint density at radius 2 is 1.90 bits per heavy atom. The fourth-order valence-electron chi connectivity index (χ4n) is 1.47. The molecule has 0 saturated heterocycles. The number of ether oxygens (including phenoxy) is 2. The van der Waals surface area contributed by atoms with Crippen LogP contribution in [0.15, 0.2) is 24.3 Å². The van der Waals surface area contributed by atoms with Crippen molar-refractivity contribution in [1.82, 2.24) is 10.6 Å². The molecule has 0 aliphatic carbocycles. The molecule has 0 radical (unpaired) electrons. The SMILES string of the molecule is CNCCC(=O)NCc1ccc(OCCOC)cc1.Cl. The van der Waals surface area contributed by atoms with Gasteiger partial charge < -0.3 is 20.1 Å². The molecule has 6 heteroatoms. The average molecular weight is 303 g/mol. The number of carbonyl (C=O) groups excluding carboxylic acids is 1. The van der Waals surface area contributed by atoms with Gasteiger partial charge in [0, 0.05) is 26.6 Å². The van der Waals surface area contributed by atoms with Gasteiger partial charge in [0.05, 0.1) is 6.61 Å². The van der Waals surface area contributed by atoms with Crippen molar-refractivity contribution in [2.75, 3.05) is 33.9 Å². The zero-order valence-corrected chi connectivity index (χ0v) is 12.8. The predicted molar refractivity (Wildman–Crippen MR) is 81.5 cm³/mol. The quantitative estimate of drug-likeness (QED) is 0.676. The normalized spacial score (nSPS) is 9.70. The molecule has 1 aromatic carbocycles. The lowest BCUT2D eigenvalue weighted by Gasteiger charge is -2.08. The van der Waals surface area contributed by atoms with E-state index in [9.17, 15) is 4.79 Å². The number of rotatable bonds is 9. The zero-order chi connectivity index (χ0) is 13.9. The van der Waals surface area contributed by atoms with Gasteiger partial charge >= 0.3 is 0 Å². The van der Waals surface area contributed by atoms with Crippen LogP contribution in [-0.2, 0) is 16.1 Å². The standard InChI is InChI=1S/C14H22N2O3.ClH/c1-15-8-7-14(17)16-11-12-3-5-13(6-4-12)19-10-9-18-2;/h3-6,15H,7-11H2,1-2H3,(H,16,17);1H. The topological polar surface area (TPSA) is 59.6 Å². The summed E-state index contributed by atoms with van der Waals surface area (Å²) >= 11 is 0. The summed E-state index contributed by atoms with van der Waals surface area (Å²) in [6.07, 6.45) is 0.495. The van der Waals surface area contributed by atoms with E-state index in [-0.39, 0.29) is 18.3 Å². The zero-order valence-electron chi connectivity index (χ0n) is 12.0. The van der Waals surface area contributed by atoms with Gasteiger partial charge in [-0.05, 0) is 24.7 Å².